The summed E-state index contributed by atoms with van der Waals surface area (Å²) in [6, 6.07) is 19.7. The normalized spacial score (nSPS) is 15.5. The molecule has 1 fully saturated rings. The summed E-state index contributed by atoms with van der Waals surface area (Å²) in [7, 11) is 0. The third kappa shape index (κ3) is 6.98. The minimum absolute atomic E-state index is 0.0223. The molecule has 0 aromatic heterocycles. The molecular weight excluding hydrogens is 503 g/mol. The van der Waals surface area contributed by atoms with E-state index >= 15 is 0 Å². The number of benzene rings is 3. The smallest absolute Gasteiger partial charge is 0.323 e. The van der Waals surface area contributed by atoms with Gasteiger partial charge >= 0.3 is 12.0 Å². The van der Waals surface area contributed by atoms with Crippen molar-refractivity contribution in [2.24, 2.45) is 0 Å². The molecule has 1 aliphatic heterocycles. The molecule has 1 aliphatic rings. The number of aryl methyl sites for hydroxylation is 1. The number of carboxylic acid groups (broad SMARTS) is 1. The van der Waals surface area contributed by atoms with Gasteiger partial charge in [-0.05, 0) is 47.9 Å². The number of carbonyl (C=O) groups is 4. The Morgan fingerprint density at radius 2 is 1.64 bits per heavy atom. The van der Waals surface area contributed by atoms with Crippen LogP contribution in [0.4, 0.5) is 14.9 Å². The van der Waals surface area contributed by atoms with Gasteiger partial charge in [0, 0.05) is 18.8 Å². The Hall–Kier alpha value is -4.73. The van der Waals surface area contributed by atoms with Crippen LogP contribution in [0.3, 0.4) is 0 Å². The third-order valence-corrected chi connectivity index (χ3v) is 6.42. The van der Waals surface area contributed by atoms with Crippen molar-refractivity contribution in [1.82, 2.24) is 15.1 Å². The van der Waals surface area contributed by atoms with Crippen molar-refractivity contribution in [2.45, 2.75) is 32.0 Å². The van der Waals surface area contributed by atoms with Crippen molar-refractivity contribution < 1.29 is 28.7 Å². The molecule has 9 nitrogen and oxygen atoms in total. The highest BCUT2D eigenvalue weighted by Gasteiger charge is 2.43. The summed E-state index contributed by atoms with van der Waals surface area (Å²) < 4.78 is 13.5. The first-order valence-electron chi connectivity index (χ1n) is 12.5. The van der Waals surface area contributed by atoms with Crippen molar-refractivity contribution in [3.8, 4) is 0 Å². The Bertz CT molecular complexity index is 1350. The number of urea groups is 1. The second kappa shape index (κ2) is 12.2. The van der Waals surface area contributed by atoms with Gasteiger partial charge < -0.3 is 20.6 Å². The van der Waals surface area contributed by atoms with E-state index in [9.17, 15) is 28.7 Å². The summed E-state index contributed by atoms with van der Waals surface area (Å²) in [6.07, 6.45) is -1.77. The minimum atomic E-state index is -1.32. The van der Waals surface area contributed by atoms with Crippen molar-refractivity contribution in [1.29, 1.82) is 0 Å². The van der Waals surface area contributed by atoms with Crippen LogP contribution in [-0.2, 0) is 20.8 Å². The quantitative estimate of drug-likeness (QED) is 0.409. The van der Waals surface area contributed by atoms with Gasteiger partial charge in [0.05, 0.1) is 18.9 Å². The molecule has 3 aromatic carbocycles. The van der Waals surface area contributed by atoms with Crippen LogP contribution in [0, 0.1) is 12.7 Å². The van der Waals surface area contributed by atoms with E-state index in [1.54, 1.807) is 42.5 Å². The average Bonchev–Trinajstić information content (AvgIpc) is 3.35. The van der Waals surface area contributed by atoms with E-state index in [1.807, 2.05) is 19.1 Å². The Kier molecular flexibility index (Phi) is 8.55. The fourth-order valence-electron chi connectivity index (χ4n) is 4.54. The highest BCUT2D eigenvalue weighted by Crippen LogP contribution is 2.23. The summed E-state index contributed by atoms with van der Waals surface area (Å²) in [5, 5.41) is 14.9. The predicted octanol–water partition coefficient (Wildman–Crippen LogP) is 3.71. The monoisotopic (exact) mass is 532 g/mol. The van der Waals surface area contributed by atoms with Crippen LogP contribution in [0.25, 0.3) is 0 Å². The lowest BCUT2D eigenvalue weighted by atomic mass is 10.0. The largest absolute Gasteiger partial charge is 0.481 e. The van der Waals surface area contributed by atoms with Gasteiger partial charge in [0.25, 0.3) is 5.91 Å². The van der Waals surface area contributed by atoms with E-state index in [0.717, 1.165) is 11.1 Å². The number of hydrogen-bond acceptors (Lipinski definition) is 4. The van der Waals surface area contributed by atoms with Crippen molar-refractivity contribution in [3.05, 3.63) is 101 Å². The maximum Gasteiger partial charge on any atom is 0.323 e. The molecular formula is C29H29FN4O5. The highest BCUT2D eigenvalue weighted by atomic mass is 19.1. The minimum Gasteiger partial charge on any atom is -0.481 e. The molecule has 10 heteroatoms. The van der Waals surface area contributed by atoms with Gasteiger partial charge in [0.1, 0.15) is 5.82 Å². The lowest BCUT2D eigenvalue weighted by Gasteiger charge is -2.31. The lowest BCUT2D eigenvalue weighted by Crippen LogP contribution is -2.55. The van der Waals surface area contributed by atoms with Crippen LogP contribution in [0.2, 0.25) is 0 Å². The van der Waals surface area contributed by atoms with Crippen LogP contribution < -0.4 is 10.6 Å². The zero-order chi connectivity index (χ0) is 27.9. The predicted molar refractivity (Wildman–Crippen MR) is 142 cm³/mol. The molecule has 2 atom stereocenters. The van der Waals surface area contributed by atoms with Gasteiger partial charge in [-0.25, -0.2) is 9.18 Å². The summed E-state index contributed by atoms with van der Waals surface area (Å²) in [5.74, 6) is -2.76. The van der Waals surface area contributed by atoms with Crippen LogP contribution in [-0.4, -0.2) is 58.0 Å². The molecule has 4 rings (SSSR count). The number of nitrogens with one attached hydrogen (secondary N) is 2. The molecule has 3 N–H and O–H groups in total. The average molecular weight is 533 g/mol. The van der Waals surface area contributed by atoms with E-state index in [0.29, 0.717) is 11.3 Å². The Morgan fingerprint density at radius 1 is 0.949 bits per heavy atom. The summed E-state index contributed by atoms with van der Waals surface area (Å²) in [5.41, 5.74) is 2.59. The molecule has 0 radical (unpaired) electrons. The van der Waals surface area contributed by atoms with Crippen LogP contribution >= 0.6 is 0 Å². The number of nitrogens with zero attached hydrogens (tertiary/aromatic N) is 2. The van der Waals surface area contributed by atoms with Gasteiger partial charge in [0.2, 0.25) is 5.91 Å². The molecule has 1 heterocycles. The first kappa shape index (κ1) is 27.3. The number of carbonyl (C=O) groups excluding carboxylic acids is 3. The Labute approximate surface area is 225 Å². The number of anilines is 1. The molecule has 0 bridgehead atoms. The molecule has 1 saturated heterocycles. The number of aliphatic carboxylic acids is 1. The van der Waals surface area contributed by atoms with Crippen LogP contribution in [0.15, 0.2) is 78.9 Å². The summed E-state index contributed by atoms with van der Waals surface area (Å²) in [4.78, 5) is 54.4. The van der Waals surface area contributed by atoms with Crippen LogP contribution in [0.5, 0.6) is 0 Å². The zero-order valence-corrected chi connectivity index (χ0v) is 21.3. The highest BCUT2D eigenvalue weighted by molar-refractivity contribution is 5.96. The fourth-order valence-corrected chi connectivity index (χ4v) is 4.54. The molecule has 202 valence electrons. The van der Waals surface area contributed by atoms with Gasteiger partial charge in [-0.2, -0.15) is 0 Å². The molecule has 3 aromatic rings. The lowest BCUT2D eigenvalue weighted by molar-refractivity contribution is -0.142. The van der Waals surface area contributed by atoms with E-state index < -0.39 is 42.4 Å². The molecule has 0 spiro atoms. The van der Waals surface area contributed by atoms with Gasteiger partial charge in [-0.1, -0.05) is 54.6 Å². The van der Waals surface area contributed by atoms with E-state index in [2.05, 4.69) is 10.6 Å². The third-order valence-electron chi connectivity index (χ3n) is 6.42. The number of rotatable bonds is 8. The van der Waals surface area contributed by atoms with E-state index in [1.165, 1.54) is 34.1 Å². The van der Waals surface area contributed by atoms with Crippen LogP contribution in [0.1, 0.15) is 29.2 Å². The van der Waals surface area contributed by atoms with Gasteiger partial charge in [-0.15, -0.1) is 0 Å². The number of carboxylic acids is 1. The first-order chi connectivity index (χ1) is 18.7. The zero-order valence-electron chi connectivity index (χ0n) is 21.3. The number of hydrogen-bond donors (Lipinski definition) is 3. The standard InChI is InChI=1S/C29H29FN4O5/c1-19-6-5-9-23(16-19)31-29(39)34-15-14-33(25(35)17-20-7-3-2-4-8-20)28(34)27(38)32-24(18-26(36)37)21-10-12-22(30)13-11-21/h2-13,16,24,28H,14-15,17-18H2,1H3,(H,31,39)(H,32,38)(H,36,37). The van der Waals surface area contributed by atoms with E-state index in [4.69, 9.17) is 0 Å². The van der Waals surface area contributed by atoms with Gasteiger partial charge in [0.15, 0.2) is 6.17 Å². The topological polar surface area (TPSA) is 119 Å². The maximum atomic E-state index is 13.7. The molecule has 2 unspecified atom stereocenters. The van der Waals surface area contributed by atoms with Crippen molar-refractivity contribution in [2.75, 3.05) is 18.4 Å². The number of halogens is 1. The van der Waals surface area contributed by atoms with E-state index in [-0.39, 0.29) is 25.4 Å². The number of amides is 4. The second-order valence-electron chi connectivity index (χ2n) is 9.33. The second-order valence-corrected chi connectivity index (χ2v) is 9.33. The Morgan fingerprint density at radius 3 is 2.31 bits per heavy atom. The van der Waals surface area contributed by atoms with Crippen molar-refractivity contribution >= 4 is 29.5 Å². The maximum absolute atomic E-state index is 13.7. The molecule has 39 heavy (non-hydrogen) atoms. The first-order valence-corrected chi connectivity index (χ1v) is 12.5. The van der Waals surface area contributed by atoms with Gasteiger partial charge in [-0.3, -0.25) is 19.3 Å². The SMILES string of the molecule is Cc1cccc(NC(=O)N2CCN(C(=O)Cc3ccccc3)C2C(=O)NC(CC(=O)O)c2ccc(F)cc2)c1. The molecule has 0 aliphatic carbocycles. The summed E-state index contributed by atoms with van der Waals surface area (Å²) >= 11 is 0. The Balaban J connectivity index is 1.60. The van der Waals surface area contributed by atoms with Crippen molar-refractivity contribution in [3.63, 3.8) is 0 Å². The molecule has 4 amide bonds. The molecule has 0 saturated carbocycles. The fraction of sp³-hybridized carbons (Fsp3) is 0.241. The summed E-state index contributed by atoms with van der Waals surface area (Å²) in [6.45, 7) is 2.09.